The molecular formula is C14H13NO4S. The summed E-state index contributed by atoms with van der Waals surface area (Å²) in [6, 6.07) is 8.60. The molecule has 0 unspecified atom stereocenters. The van der Waals surface area contributed by atoms with Gasteiger partial charge < -0.3 is 14.8 Å². The zero-order chi connectivity index (χ0) is 14.5. The van der Waals surface area contributed by atoms with E-state index < -0.39 is 11.9 Å². The van der Waals surface area contributed by atoms with E-state index in [1.807, 2.05) is 0 Å². The van der Waals surface area contributed by atoms with E-state index in [0.717, 1.165) is 0 Å². The number of anilines is 2. The summed E-state index contributed by atoms with van der Waals surface area (Å²) in [5.41, 5.74) is 1.41. The summed E-state index contributed by atoms with van der Waals surface area (Å²) < 4.78 is 9.44. The number of benzene rings is 1. The van der Waals surface area contributed by atoms with E-state index in [9.17, 15) is 9.59 Å². The van der Waals surface area contributed by atoms with Crippen LogP contribution >= 0.6 is 11.3 Å². The lowest BCUT2D eigenvalue weighted by molar-refractivity contribution is 0.0594. The number of para-hydroxylation sites is 1. The average Bonchev–Trinajstić information content (AvgIpc) is 2.94. The van der Waals surface area contributed by atoms with Crippen LogP contribution in [0.4, 0.5) is 10.7 Å². The van der Waals surface area contributed by atoms with Gasteiger partial charge >= 0.3 is 11.9 Å². The summed E-state index contributed by atoms with van der Waals surface area (Å²) in [5.74, 6) is -0.867. The van der Waals surface area contributed by atoms with E-state index in [1.165, 1.54) is 25.6 Å². The smallest absolute Gasteiger partial charge is 0.340 e. The Morgan fingerprint density at radius 2 is 1.65 bits per heavy atom. The Hall–Kier alpha value is -2.34. The van der Waals surface area contributed by atoms with Crippen LogP contribution in [0.3, 0.4) is 0 Å². The van der Waals surface area contributed by atoms with E-state index in [1.54, 1.807) is 35.7 Å². The largest absolute Gasteiger partial charge is 0.465 e. The van der Waals surface area contributed by atoms with Gasteiger partial charge in [0.2, 0.25) is 0 Å². The van der Waals surface area contributed by atoms with Crippen molar-refractivity contribution in [1.29, 1.82) is 0 Å². The second-order valence-corrected chi connectivity index (χ2v) is 4.73. The van der Waals surface area contributed by atoms with Crippen molar-refractivity contribution < 1.29 is 19.1 Å². The van der Waals surface area contributed by atoms with Crippen LogP contribution in [-0.4, -0.2) is 26.2 Å². The number of hydrogen-bond acceptors (Lipinski definition) is 6. The van der Waals surface area contributed by atoms with Crippen LogP contribution in [0.15, 0.2) is 35.7 Å². The molecule has 0 aliphatic heterocycles. The van der Waals surface area contributed by atoms with Crippen molar-refractivity contribution in [1.82, 2.24) is 0 Å². The van der Waals surface area contributed by atoms with E-state index in [4.69, 9.17) is 9.47 Å². The molecule has 0 bridgehead atoms. The Bertz CT molecular complexity index is 636. The lowest BCUT2D eigenvalue weighted by atomic mass is 10.2. The predicted octanol–water partition coefficient (Wildman–Crippen LogP) is 3.06. The van der Waals surface area contributed by atoms with E-state index in [0.29, 0.717) is 21.8 Å². The second kappa shape index (κ2) is 6.21. The minimum Gasteiger partial charge on any atom is -0.465 e. The SMILES string of the molecule is COC(=O)c1ccccc1Nc1sccc1C(=O)OC. The Morgan fingerprint density at radius 3 is 2.35 bits per heavy atom. The molecule has 5 nitrogen and oxygen atoms in total. The average molecular weight is 291 g/mol. The molecule has 0 aliphatic carbocycles. The molecule has 0 atom stereocenters. The number of thiophene rings is 1. The standard InChI is InChI=1S/C14H13NO4S/c1-18-13(16)9-5-3-4-6-11(9)15-12-10(7-8-20-12)14(17)19-2/h3-8,15H,1-2H3. The Labute approximate surface area is 120 Å². The third-order valence-electron chi connectivity index (χ3n) is 2.65. The van der Waals surface area contributed by atoms with Crippen molar-refractivity contribution in [2.24, 2.45) is 0 Å². The maximum atomic E-state index is 11.7. The molecule has 0 amide bonds. The van der Waals surface area contributed by atoms with Gasteiger partial charge in [-0.05, 0) is 23.6 Å². The summed E-state index contributed by atoms with van der Waals surface area (Å²) in [6.45, 7) is 0. The van der Waals surface area contributed by atoms with Crippen molar-refractivity contribution in [2.75, 3.05) is 19.5 Å². The molecule has 1 N–H and O–H groups in total. The Morgan fingerprint density at radius 1 is 1.00 bits per heavy atom. The van der Waals surface area contributed by atoms with Crippen molar-refractivity contribution in [3.05, 3.63) is 46.8 Å². The first-order valence-corrected chi connectivity index (χ1v) is 6.65. The molecule has 2 aromatic rings. The Kier molecular flexibility index (Phi) is 4.37. The highest BCUT2D eigenvalue weighted by molar-refractivity contribution is 7.14. The number of ether oxygens (including phenoxy) is 2. The zero-order valence-electron chi connectivity index (χ0n) is 11.0. The molecule has 1 aromatic heterocycles. The quantitative estimate of drug-likeness (QED) is 0.877. The monoisotopic (exact) mass is 291 g/mol. The van der Waals surface area contributed by atoms with Crippen LogP contribution in [0, 0.1) is 0 Å². The first-order chi connectivity index (χ1) is 9.67. The molecule has 2 rings (SSSR count). The molecule has 0 saturated carbocycles. The van der Waals surface area contributed by atoms with E-state index in [-0.39, 0.29) is 0 Å². The van der Waals surface area contributed by atoms with Crippen LogP contribution in [0.5, 0.6) is 0 Å². The molecule has 0 radical (unpaired) electrons. The minimum atomic E-state index is -0.440. The summed E-state index contributed by atoms with van der Waals surface area (Å²) in [7, 11) is 2.65. The third-order valence-corrected chi connectivity index (χ3v) is 3.48. The number of methoxy groups -OCH3 is 2. The van der Waals surface area contributed by atoms with E-state index >= 15 is 0 Å². The third kappa shape index (κ3) is 2.80. The van der Waals surface area contributed by atoms with Gasteiger partial charge in [0.05, 0.1) is 31.0 Å². The van der Waals surface area contributed by atoms with Gasteiger partial charge in [0.25, 0.3) is 0 Å². The molecule has 104 valence electrons. The van der Waals surface area contributed by atoms with Gasteiger partial charge in [-0.1, -0.05) is 12.1 Å². The van der Waals surface area contributed by atoms with E-state index in [2.05, 4.69) is 5.32 Å². The summed E-state index contributed by atoms with van der Waals surface area (Å²) >= 11 is 1.35. The van der Waals surface area contributed by atoms with Gasteiger partial charge in [-0.15, -0.1) is 11.3 Å². The number of carbonyl (C=O) groups excluding carboxylic acids is 2. The second-order valence-electron chi connectivity index (χ2n) is 3.82. The summed E-state index contributed by atoms with van der Waals surface area (Å²) in [5, 5.41) is 5.46. The zero-order valence-corrected chi connectivity index (χ0v) is 11.8. The van der Waals surface area contributed by atoms with Crippen molar-refractivity contribution >= 4 is 34.0 Å². The maximum Gasteiger partial charge on any atom is 0.340 e. The Balaban J connectivity index is 2.34. The molecule has 6 heteroatoms. The molecular weight excluding hydrogens is 278 g/mol. The molecule has 1 aromatic carbocycles. The van der Waals surface area contributed by atoms with Crippen LogP contribution in [0.25, 0.3) is 0 Å². The number of carbonyl (C=O) groups is 2. The van der Waals surface area contributed by atoms with Crippen LogP contribution in [-0.2, 0) is 9.47 Å². The van der Waals surface area contributed by atoms with Gasteiger partial charge in [0.15, 0.2) is 0 Å². The molecule has 0 fully saturated rings. The van der Waals surface area contributed by atoms with Crippen molar-refractivity contribution in [3.63, 3.8) is 0 Å². The molecule has 0 spiro atoms. The fraction of sp³-hybridized carbons (Fsp3) is 0.143. The normalized spacial score (nSPS) is 9.90. The fourth-order valence-electron chi connectivity index (χ4n) is 1.68. The van der Waals surface area contributed by atoms with Crippen LogP contribution in [0.2, 0.25) is 0 Å². The number of hydrogen-bond donors (Lipinski definition) is 1. The summed E-state index contributed by atoms with van der Waals surface area (Å²) in [4.78, 5) is 23.3. The van der Waals surface area contributed by atoms with Gasteiger partial charge in [-0.25, -0.2) is 9.59 Å². The molecule has 1 heterocycles. The van der Waals surface area contributed by atoms with Crippen molar-refractivity contribution in [3.8, 4) is 0 Å². The highest BCUT2D eigenvalue weighted by Gasteiger charge is 2.16. The topological polar surface area (TPSA) is 64.6 Å². The highest BCUT2D eigenvalue weighted by atomic mass is 32.1. The highest BCUT2D eigenvalue weighted by Crippen LogP contribution is 2.29. The van der Waals surface area contributed by atoms with Gasteiger partial charge in [-0.2, -0.15) is 0 Å². The maximum absolute atomic E-state index is 11.7. The molecule has 0 aliphatic rings. The molecule has 20 heavy (non-hydrogen) atoms. The number of nitrogens with one attached hydrogen (secondary N) is 1. The van der Waals surface area contributed by atoms with Gasteiger partial charge in [-0.3, -0.25) is 0 Å². The van der Waals surface area contributed by atoms with Gasteiger partial charge in [0, 0.05) is 0 Å². The van der Waals surface area contributed by atoms with Crippen molar-refractivity contribution in [2.45, 2.75) is 0 Å². The first kappa shape index (κ1) is 14.1. The first-order valence-electron chi connectivity index (χ1n) is 5.77. The lowest BCUT2D eigenvalue weighted by Crippen LogP contribution is -2.07. The van der Waals surface area contributed by atoms with Crippen LogP contribution < -0.4 is 5.32 Å². The lowest BCUT2D eigenvalue weighted by Gasteiger charge is -2.10. The number of rotatable bonds is 4. The minimum absolute atomic E-state index is 0.402. The summed E-state index contributed by atoms with van der Waals surface area (Å²) in [6.07, 6.45) is 0. The van der Waals surface area contributed by atoms with Gasteiger partial charge in [0.1, 0.15) is 5.00 Å². The number of esters is 2. The molecule has 0 saturated heterocycles. The fourth-order valence-corrected chi connectivity index (χ4v) is 2.47. The van der Waals surface area contributed by atoms with Crippen LogP contribution in [0.1, 0.15) is 20.7 Å². The predicted molar refractivity (Wildman–Crippen MR) is 76.7 cm³/mol.